The van der Waals surface area contributed by atoms with Gasteiger partial charge in [-0.3, -0.25) is 14.9 Å². The van der Waals surface area contributed by atoms with E-state index in [9.17, 15) is 14.9 Å². The molecule has 24 heavy (non-hydrogen) atoms. The minimum atomic E-state index is -0.476. The summed E-state index contributed by atoms with van der Waals surface area (Å²) in [6.45, 7) is 2.30. The first-order valence-electron chi connectivity index (χ1n) is 7.20. The molecule has 0 atom stereocenters. The van der Waals surface area contributed by atoms with Gasteiger partial charge in [0.05, 0.1) is 23.9 Å². The molecule has 1 aromatic heterocycles. The van der Waals surface area contributed by atoms with Crippen LogP contribution in [0.4, 0.5) is 5.69 Å². The van der Waals surface area contributed by atoms with Crippen molar-refractivity contribution < 1.29 is 18.9 Å². The fourth-order valence-electron chi connectivity index (χ4n) is 2.14. The largest absolute Gasteiger partial charge is 0.411 e. The molecule has 126 valence electrons. The molecule has 0 saturated carbocycles. The molecule has 1 aromatic carbocycles. The van der Waals surface area contributed by atoms with Crippen LogP contribution in [0.15, 0.2) is 33.9 Å². The van der Waals surface area contributed by atoms with Gasteiger partial charge in [-0.05, 0) is 12.1 Å². The lowest BCUT2D eigenvalue weighted by Gasteiger charge is -2.26. The molecule has 1 fully saturated rings. The highest BCUT2D eigenvalue weighted by atomic mass is 32.2. The number of rotatable bonds is 5. The number of carbonyl (C=O) groups excluding carboxylic acids is 1. The average Bonchev–Trinajstić information content (AvgIpc) is 3.09. The number of aromatic nitrogens is 2. The van der Waals surface area contributed by atoms with Crippen molar-refractivity contribution in [1.29, 1.82) is 0 Å². The van der Waals surface area contributed by atoms with E-state index in [1.807, 2.05) is 0 Å². The molecular weight excluding hydrogens is 336 g/mol. The quantitative estimate of drug-likeness (QED) is 0.454. The molecule has 1 amide bonds. The predicted molar refractivity (Wildman–Crippen MR) is 84.5 cm³/mol. The van der Waals surface area contributed by atoms with Crippen LogP contribution in [-0.2, 0) is 9.53 Å². The number of benzene rings is 1. The maximum atomic E-state index is 12.0. The van der Waals surface area contributed by atoms with Crippen LogP contribution < -0.4 is 0 Å². The summed E-state index contributed by atoms with van der Waals surface area (Å²) >= 11 is 1.17. The van der Waals surface area contributed by atoms with Crippen molar-refractivity contribution in [1.82, 2.24) is 15.1 Å². The lowest BCUT2D eigenvalue weighted by molar-refractivity contribution is -0.384. The number of non-ortho nitro benzene ring substituents is 1. The molecule has 10 heteroatoms. The van der Waals surface area contributed by atoms with Gasteiger partial charge in [0, 0.05) is 30.8 Å². The van der Waals surface area contributed by atoms with Gasteiger partial charge >= 0.3 is 0 Å². The van der Waals surface area contributed by atoms with Crippen molar-refractivity contribution >= 4 is 23.4 Å². The highest BCUT2D eigenvalue weighted by Crippen LogP contribution is 2.25. The van der Waals surface area contributed by atoms with E-state index in [-0.39, 0.29) is 28.5 Å². The third-order valence-corrected chi connectivity index (χ3v) is 4.22. The first-order chi connectivity index (χ1) is 11.6. The fourth-order valence-corrected chi connectivity index (χ4v) is 2.80. The maximum Gasteiger partial charge on any atom is 0.277 e. The van der Waals surface area contributed by atoms with E-state index in [1.54, 1.807) is 17.0 Å². The third kappa shape index (κ3) is 3.89. The minimum absolute atomic E-state index is 0.00149. The number of amides is 1. The Morgan fingerprint density at radius 3 is 2.62 bits per heavy atom. The SMILES string of the molecule is O=C(CSc1nnc(-c2ccc([N+](=O)[O-])cc2)o1)N1CCOCC1. The lowest BCUT2D eigenvalue weighted by Crippen LogP contribution is -2.41. The zero-order valence-electron chi connectivity index (χ0n) is 12.6. The first-order valence-corrected chi connectivity index (χ1v) is 8.19. The van der Waals surface area contributed by atoms with Crippen molar-refractivity contribution in [2.45, 2.75) is 5.22 Å². The van der Waals surface area contributed by atoms with E-state index in [2.05, 4.69) is 10.2 Å². The number of carbonyl (C=O) groups is 1. The van der Waals surface area contributed by atoms with Crippen molar-refractivity contribution in [3.05, 3.63) is 34.4 Å². The zero-order chi connectivity index (χ0) is 16.9. The summed E-state index contributed by atoms with van der Waals surface area (Å²) in [5, 5.41) is 18.7. The summed E-state index contributed by atoms with van der Waals surface area (Å²) in [6.07, 6.45) is 0. The second-order valence-electron chi connectivity index (χ2n) is 4.96. The van der Waals surface area contributed by atoms with E-state index in [4.69, 9.17) is 9.15 Å². The third-order valence-electron chi connectivity index (χ3n) is 3.41. The summed E-state index contributed by atoms with van der Waals surface area (Å²) in [5.41, 5.74) is 0.573. The number of nitrogens with zero attached hydrogens (tertiary/aromatic N) is 4. The molecule has 1 aliphatic rings. The molecule has 0 bridgehead atoms. The lowest BCUT2D eigenvalue weighted by atomic mass is 10.2. The molecule has 2 heterocycles. The number of nitro groups is 1. The average molecular weight is 350 g/mol. The van der Waals surface area contributed by atoms with Crippen molar-refractivity contribution in [3.63, 3.8) is 0 Å². The molecule has 0 unspecified atom stereocenters. The van der Waals surface area contributed by atoms with Crippen LogP contribution in [0.25, 0.3) is 11.5 Å². The van der Waals surface area contributed by atoms with E-state index >= 15 is 0 Å². The second-order valence-corrected chi connectivity index (χ2v) is 5.89. The van der Waals surface area contributed by atoms with Gasteiger partial charge in [-0.15, -0.1) is 10.2 Å². The van der Waals surface area contributed by atoms with Crippen LogP contribution in [-0.4, -0.2) is 58.0 Å². The number of hydrogen-bond acceptors (Lipinski definition) is 8. The Bertz CT molecular complexity index is 727. The van der Waals surface area contributed by atoms with Gasteiger partial charge in [0.15, 0.2) is 0 Å². The highest BCUT2D eigenvalue weighted by molar-refractivity contribution is 7.99. The van der Waals surface area contributed by atoms with Gasteiger partial charge in [0.2, 0.25) is 11.8 Å². The van der Waals surface area contributed by atoms with E-state index in [1.165, 1.54) is 23.9 Å². The zero-order valence-corrected chi connectivity index (χ0v) is 13.4. The summed E-state index contributed by atoms with van der Waals surface area (Å²) in [4.78, 5) is 23.9. The number of thioether (sulfide) groups is 1. The van der Waals surface area contributed by atoms with Crippen molar-refractivity contribution in [2.75, 3.05) is 32.1 Å². The minimum Gasteiger partial charge on any atom is -0.411 e. The summed E-state index contributed by atoms with van der Waals surface area (Å²) in [5.74, 6) is 0.464. The van der Waals surface area contributed by atoms with Crippen LogP contribution in [0.5, 0.6) is 0 Å². The Balaban J connectivity index is 1.58. The van der Waals surface area contributed by atoms with Crippen LogP contribution in [0.3, 0.4) is 0 Å². The Kier molecular flexibility index (Phi) is 5.06. The monoisotopic (exact) mass is 350 g/mol. The molecule has 1 saturated heterocycles. The van der Waals surface area contributed by atoms with E-state index in [0.29, 0.717) is 31.9 Å². The standard InChI is InChI=1S/C14H14N4O5S/c19-12(17-5-7-22-8-6-17)9-24-14-16-15-13(23-14)10-1-3-11(4-2-10)18(20)21/h1-4H,5-9H2. The van der Waals surface area contributed by atoms with Crippen LogP contribution in [0.2, 0.25) is 0 Å². The van der Waals surface area contributed by atoms with Gasteiger partial charge in [-0.2, -0.15) is 0 Å². The Morgan fingerprint density at radius 2 is 1.96 bits per heavy atom. The van der Waals surface area contributed by atoms with Crippen LogP contribution >= 0.6 is 11.8 Å². The number of morpholine rings is 1. The molecule has 0 aliphatic carbocycles. The van der Waals surface area contributed by atoms with Gasteiger partial charge in [0.25, 0.3) is 10.9 Å². The fraction of sp³-hybridized carbons (Fsp3) is 0.357. The number of hydrogen-bond donors (Lipinski definition) is 0. The van der Waals surface area contributed by atoms with Gasteiger partial charge in [-0.1, -0.05) is 11.8 Å². The predicted octanol–water partition coefficient (Wildman–Crippen LogP) is 1.60. The molecule has 0 radical (unpaired) electrons. The van der Waals surface area contributed by atoms with Gasteiger partial charge < -0.3 is 14.1 Å². The molecule has 3 rings (SSSR count). The van der Waals surface area contributed by atoms with E-state index < -0.39 is 4.92 Å². The van der Waals surface area contributed by atoms with Gasteiger partial charge in [-0.25, -0.2) is 0 Å². The molecule has 1 aliphatic heterocycles. The summed E-state index contributed by atoms with van der Waals surface area (Å²) in [6, 6.07) is 5.82. The Morgan fingerprint density at radius 1 is 1.25 bits per heavy atom. The summed E-state index contributed by atoms with van der Waals surface area (Å²) in [7, 11) is 0. The number of nitro benzene ring substituents is 1. The van der Waals surface area contributed by atoms with Crippen LogP contribution in [0, 0.1) is 10.1 Å². The molecular formula is C14H14N4O5S. The first kappa shape index (κ1) is 16.4. The normalized spacial score (nSPS) is 14.6. The Hall–Kier alpha value is -2.46. The molecule has 0 N–H and O–H groups in total. The molecule has 2 aromatic rings. The number of ether oxygens (including phenoxy) is 1. The Labute approximate surface area is 141 Å². The van der Waals surface area contributed by atoms with Crippen molar-refractivity contribution in [3.8, 4) is 11.5 Å². The highest BCUT2D eigenvalue weighted by Gasteiger charge is 2.18. The summed E-state index contributed by atoms with van der Waals surface area (Å²) < 4.78 is 10.7. The van der Waals surface area contributed by atoms with Gasteiger partial charge in [0.1, 0.15) is 0 Å². The van der Waals surface area contributed by atoms with Crippen LogP contribution in [0.1, 0.15) is 0 Å². The van der Waals surface area contributed by atoms with Crippen molar-refractivity contribution in [2.24, 2.45) is 0 Å². The molecule has 0 spiro atoms. The topological polar surface area (TPSA) is 112 Å². The molecule has 9 nitrogen and oxygen atoms in total. The van der Waals surface area contributed by atoms with E-state index in [0.717, 1.165) is 0 Å². The smallest absolute Gasteiger partial charge is 0.277 e. The maximum absolute atomic E-state index is 12.0. The second kappa shape index (κ2) is 7.41.